The highest BCUT2D eigenvalue weighted by Crippen LogP contribution is 2.28. The number of sulfone groups is 1. The van der Waals surface area contributed by atoms with Crippen LogP contribution >= 0.6 is 0 Å². The number of methoxy groups -OCH3 is 1. The molecule has 4 rings (SSSR count). The zero-order valence-corrected chi connectivity index (χ0v) is 22.2. The van der Waals surface area contributed by atoms with Gasteiger partial charge in [0, 0.05) is 38.5 Å². The summed E-state index contributed by atoms with van der Waals surface area (Å²) in [6, 6.07) is 23.0. The van der Waals surface area contributed by atoms with Crippen LogP contribution in [0.15, 0.2) is 88.7 Å². The maximum atomic E-state index is 13.8. The van der Waals surface area contributed by atoms with Crippen molar-refractivity contribution in [1.29, 1.82) is 0 Å². The van der Waals surface area contributed by atoms with Crippen LogP contribution in [0.5, 0.6) is 5.75 Å². The van der Waals surface area contributed by atoms with Gasteiger partial charge in [0.15, 0.2) is 9.84 Å². The molecule has 0 spiro atoms. The Labute approximate surface area is 214 Å². The molecule has 1 saturated heterocycles. The normalized spacial score (nSPS) is 15.8. The molecule has 1 fully saturated rings. The van der Waals surface area contributed by atoms with Crippen molar-refractivity contribution < 1.29 is 21.6 Å². The van der Waals surface area contributed by atoms with Gasteiger partial charge in [-0.2, -0.15) is 4.31 Å². The topological polar surface area (TPSA) is 84.0 Å². The van der Waals surface area contributed by atoms with Crippen molar-refractivity contribution in [3.63, 3.8) is 0 Å². The van der Waals surface area contributed by atoms with Gasteiger partial charge in [-0.25, -0.2) is 16.8 Å². The molecule has 0 atom stereocenters. The van der Waals surface area contributed by atoms with Crippen molar-refractivity contribution in [2.75, 3.05) is 26.5 Å². The summed E-state index contributed by atoms with van der Waals surface area (Å²) in [7, 11) is -5.58. The van der Waals surface area contributed by atoms with Crippen LogP contribution in [0, 0.1) is 0 Å². The lowest BCUT2D eigenvalue weighted by Crippen LogP contribution is -2.46. The first kappa shape index (κ1) is 26.3. The zero-order valence-electron chi connectivity index (χ0n) is 20.6. The highest BCUT2D eigenvalue weighted by atomic mass is 32.2. The van der Waals surface area contributed by atoms with E-state index < -0.39 is 19.9 Å². The fourth-order valence-electron chi connectivity index (χ4n) is 4.52. The molecule has 0 radical (unpaired) electrons. The van der Waals surface area contributed by atoms with Crippen LogP contribution in [0.2, 0.25) is 0 Å². The second-order valence-electron chi connectivity index (χ2n) is 9.13. The average molecular weight is 529 g/mol. The number of likely N-dealkylation sites (tertiary alicyclic amines) is 1. The molecule has 192 valence electrons. The van der Waals surface area contributed by atoms with Crippen LogP contribution in [-0.2, 0) is 33.0 Å². The van der Waals surface area contributed by atoms with E-state index >= 15 is 0 Å². The Balaban J connectivity index is 1.57. The maximum absolute atomic E-state index is 13.8. The molecule has 0 amide bonds. The third-order valence-electron chi connectivity index (χ3n) is 6.57. The van der Waals surface area contributed by atoms with Crippen molar-refractivity contribution in [3.8, 4) is 5.75 Å². The molecule has 36 heavy (non-hydrogen) atoms. The van der Waals surface area contributed by atoms with Gasteiger partial charge in [0.25, 0.3) is 0 Å². The first-order chi connectivity index (χ1) is 17.2. The van der Waals surface area contributed by atoms with Gasteiger partial charge in [-0.05, 0) is 60.4 Å². The van der Waals surface area contributed by atoms with Gasteiger partial charge >= 0.3 is 0 Å². The van der Waals surface area contributed by atoms with Gasteiger partial charge in [-0.3, -0.25) is 4.90 Å². The Morgan fingerprint density at radius 2 is 1.39 bits per heavy atom. The Morgan fingerprint density at radius 3 is 1.94 bits per heavy atom. The molecule has 0 N–H and O–H groups in total. The minimum Gasteiger partial charge on any atom is -0.497 e. The first-order valence-electron chi connectivity index (χ1n) is 11.9. The van der Waals surface area contributed by atoms with E-state index in [1.165, 1.54) is 17.7 Å². The molecule has 1 aliphatic heterocycles. The van der Waals surface area contributed by atoms with Crippen LogP contribution in [0.4, 0.5) is 0 Å². The van der Waals surface area contributed by atoms with E-state index in [4.69, 9.17) is 4.74 Å². The van der Waals surface area contributed by atoms with E-state index in [0.29, 0.717) is 18.6 Å². The number of hydrogen-bond acceptors (Lipinski definition) is 6. The molecular weight excluding hydrogens is 496 g/mol. The van der Waals surface area contributed by atoms with Crippen molar-refractivity contribution in [3.05, 3.63) is 90.0 Å². The van der Waals surface area contributed by atoms with Crippen LogP contribution in [-0.4, -0.2) is 58.5 Å². The van der Waals surface area contributed by atoms with Crippen LogP contribution in [0.1, 0.15) is 24.0 Å². The third-order valence-corrected chi connectivity index (χ3v) is 9.61. The number of sulfonamides is 1. The molecule has 7 nitrogen and oxygen atoms in total. The van der Waals surface area contributed by atoms with E-state index in [2.05, 4.69) is 17.0 Å². The Hall–Kier alpha value is -2.72. The van der Waals surface area contributed by atoms with Crippen molar-refractivity contribution >= 4 is 19.9 Å². The highest BCUT2D eigenvalue weighted by molar-refractivity contribution is 7.90. The number of benzene rings is 3. The molecule has 3 aromatic carbocycles. The largest absolute Gasteiger partial charge is 0.497 e. The lowest BCUT2D eigenvalue weighted by atomic mass is 10.0. The summed E-state index contributed by atoms with van der Waals surface area (Å²) in [6.07, 6.45) is 2.58. The molecule has 9 heteroatoms. The lowest BCUT2D eigenvalue weighted by molar-refractivity contribution is 0.150. The Bertz CT molecular complexity index is 1350. The predicted molar refractivity (Wildman–Crippen MR) is 140 cm³/mol. The molecule has 0 aliphatic carbocycles. The summed E-state index contributed by atoms with van der Waals surface area (Å²) in [6.45, 7) is 2.59. The fraction of sp³-hybridized carbons (Fsp3) is 0.333. The van der Waals surface area contributed by atoms with Gasteiger partial charge in [-0.15, -0.1) is 0 Å². The first-order valence-corrected chi connectivity index (χ1v) is 15.2. The number of hydrogen-bond donors (Lipinski definition) is 0. The third kappa shape index (κ3) is 6.34. The summed E-state index contributed by atoms with van der Waals surface area (Å²) in [5, 5.41) is 0. The van der Waals surface area contributed by atoms with E-state index in [9.17, 15) is 16.8 Å². The fourth-order valence-corrected chi connectivity index (χ4v) is 6.83. The van der Waals surface area contributed by atoms with Crippen LogP contribution in [0.25, 0.3) is 0 Å². The Morgan fingerprint density at radius 1 is 0.806 bits per heavy atom. The van der Waals surface area contributed by atoms with Crippen molar-refractivity contribution in [2.45, 2.75) is 41.8 Å². The second-order valence-corrected chi connectivity index (χ2v) is 13.0. The van der Waals surface area contributed by atoms with Crippen molar-refractivity contribution in [2.24, 2.45) is 0 Å². The minimum atomic E-state index is -3.80. The van der Waals surface area contributed by atoms with E-state index in [1.807, 2.05) is 18.2 Å². The number of nitrogens with zero attached hydrogens (tertiary/aromatic N) is 2. The SMILES string of the molecule is COc1ccc(S(=O)(=O)N(Cc2ccc(S(C)(=O)=O)cc2)C2CCN(Cc3ccccc3)CC2)cc1. The minimum absolute atomic E-state index is 0.168. The molecule has 3 aromatic rings. The molecule has 0 unspecified atom stereocenters. The highest BCUT2D eigenvalue weighted by Gasteiger charge is 2.34. The molecule has 1 aliphatic rings. The average Bonchev–Trinajstić information content (AvgIpc) is 2.88. The summed E-state index contributed by atoms with van der Waals surface area (Å²) in [5.74, 6) is 0.589. The standard InChI is InChI=1S/C27H32N2O5S2/c1-34-25-10-14-27(15-11-25)36(32,33)29(21-23-8-12-26(13-9-23)35(2,30)31)24-16-18-28(19-17-24)20-22-6-4-3-5-7-22/h3-15,24H,16-21H2,1-2H3. The van der Waals surface area contributed by atoms with E-state index in [0.717, 1.165) is 31.5 Å². The second kappa shape index (κ2) is 11.1. The smallest absolute Gasteiger partial charge is 0.243 e. The van der Waals surface area contributed by atoms with E-state index in [-0.39, 0.29) is 22.4 Å². The number of rotatable bonds is 9. The van der Waals surface area contributed by atoms with Crippen LogP contribution in [0.3, 0.4) is 0 Å². The summed E-state index contributed by atoms with van der Waals surface area (Å²) < 4.78 is 58.1. The van der Waals surface area contributed by atoms with Crippen molar-refractivity contribution in [1.82, 2.24) is 9.21 Å². The molecular formula is C27H32N2O5S2. The molecule has 0 aromatic heterocycles. The summed E-state index contributed by atoms with van der Waals surface area (Å²) in [5.41, 5.74) is 1.98. The monoisotopic (exact) mass is 528 g/mol. The van der Waals surface area contributed by atoms with Gasteiger partial charge in [0.2, 0.25) is 10.0 Å². The predicted octanol–water partition coefficient (Wildman–Crippen LogP) is 3.95. The summed E-state index contributed by atoms with van der Waals surface area (Å²) in [4.78, 5) is 2.78. The maximum Gasteiger partial charge on any atom is 0.243 e. The van der Waals surface area contributed by atoms with Gasteiger partial charge in [-0.1, -0.05) is 42.5 Å². The number of ether oxygens (including phenoxy) is 1. The van der Waals surface area contributed by atoms with E-state index in [1.54, 1.807) is 47.8 Å². The Kier molecular flexibility index (Phi) is 8.14. The van der Waals surface area contributed by atoms with Gasteiger partial charge in [0.1, 0.15) is 5.75 Å². The van der Waals surface area contributed by atoms with Crippen LogP contribution < -0.4 is 4.74 Å². The summed E-state index contributed by atoms with van der Waals surface area (Å²) >= 11 is 0. The van der Waals surface area contributed by atoms with Gasteiger partial charge < -0.3 is 4.74 Å². The quantitative estimate of drug-likeness (QED) is 0.418. The molecule has 1 heterocycles. The lowest BCUT2D eigenvalue weighted by Gasteiger charge is -2.38. The molecule has 0 saturated carbocycles. The molecule has 0 bridgehead atoms. The number of piperidine rings is 1. The van der Waals surface area contributed by atoms with Gasteiger partial charge in [0.05, 0.1) is 16.9 Å². The zero-order chi connectivity index (χ0) is 25.8.